The van der Waals surface area contributed by atoms with E-state index in [0.717, 1.165) is 24.1 Å². The summed E-state index contributed by atoms with van der Waals surface area (Å²) < 4.78 is 6.94. The number of rotatable bonds is 5. The van der Waals surface area contributed by atoms with Crippen molar-refractivity contribution in [3.63, 3.8) is 0 Å². The number of aryl methyl sites for hydroxylation is 2. The zero-order valence-corrected chi connectivity index (χ0v) is 10.8. The van der Waals surface area contributed by atoms with Gasteiger partial charge in [0.1, 0.15) is 0 Å². The van der Waals surface area contributed by atoms with Gasteiger partial charge in [0.25, 0.3) is 0 Å². The molecule has 0 saturated carbocycles. The Morgan fingerprint density at radius 3 is 2.62 bits per heavy atom. The molecule has 2 atom stereocenters. The second-order valence-corrected chi connectivity index (χ2v) is 4.40. The maximum absolute atomic E-state index is 10.2. The van der Waals surface area contributed by atoms with Gasteiger partial charge in [-0.2, -0.15) is 5.10 Å². The molecule has 0 aliphatic carbocycles. The van der Waals surface area contributed by atoms with Crippen molar-refractivity contribution in [3.05, 3.63) is 11.3 Å². The van der Waals surface area contributed by atoms with Crippen LogP contribution < -0.4 is 4.74 Å². The van der Waals surface area contributed by atoms with Crippen molar-refractivity contribution < 1.29 is 9.84 Å². The minimum absolute atomic E-state index is 0.487. The molecule has 16 heavy (non-hydrogen) atoms. The zero-order chi connectivity index (χ0) is 12.3. The van der Waals surface area contributed by atoms with Gasteiger partial charge in [-0.25, -0.2) is 4.68 Å². The normalized spacial score (nSPS) is 14.9. The van der Waals surface area contributed by atoms with Crippen LogP contribution in [0.2, 0.25) is 0 Å². The van der Waals surface area contributed by atoms with E-state index < -0.39 is 6.10 Å². The highest BCUT2D eigenvalue weighted by molar-refractivity contribution is 5.33. The quantitative estimate of drug-likeness (QED) is 0.837. The number of aliphatic hydroxyl groups is 1. The van der Waals surface area contributed by atoms with E-state index in [1.807, 2.05) is 14.0 Å². The van der Waals surface area contributed by atoms with Crippen LogP contribution in [0.15, 0.2) is 0 Å². The van der Waals surface area contributed by atoms with Crippen molar-refractivity contribution in [2.75, 3.05) is 7.11 Å². The van der Waals surface area contributed by atoms with Gasteiger partial charge in [-0.15, -0.1) is 0 Å². The molecule has 0 fully saturated rings. The van der Waals surface area contributed by atoms with Gasteiger partial charge in [0, 0.05) is 7.05 Å². The fraction of sp³-hybridized carbons (Fsp3) is 0.750. The number of nitrogens with zero attached hydrogens (tertiary/aromatic N) is 2. The molecule has 0 spiro atoms. The third-order valence-electron chi connectivity index (χ3n) is 3.06. The highest BCUT2D eigenvalue weighted by atomic mass is 16.5. The summed E-state index contributed by atoms with van der Waals surface area (Å²) in [5, 5.41) is 14.5. The lowest BCUT2D eigenvalue weighted by Crippen LogP contribution is -2.06. The van der Waals surface area contributed by atoms with Crippen LogP contribution in [0.25, 0.3) is 0 Å². The highest BCUT2D eigenvalue weighted by Gasteiger charge is 2.22. The molecule has 1 aromatic rings. The Balaban J connectivity index is 2.93. The monoisotopic (exact) mass is 226 g/mol. The Kier molecular flexibility index (Phi) is 4.35. The van der Waals surface area contributed by atoms with E-state index in [1.165, 1.54) is 0 Å². The van der Waals surface area contributed by atoms with Crippen LogP contribution in [0.4, 0.5) is 0 Å². The lowest BCUT2D eigenvalue weighted by molar-refractivity contribution is 0.142. The van der Waals surface area contributed by atoms with Crippen LogP contribution in [-0.2, 0) is 7.05 Å². The Hall–Kier alpha value is -1.03. The molecule has 0 aromatic carbocycles. The van der Waals surface area contributed by atoms with Crippen LogP contribution in [-0.4, -0.2) is 22.0 Å². The van der Waals surface area contributed by atoms with Gasteiger partial charge in [0.15, 0.2) is 0 Å². The molecule has 0 aliphatic rings. The fourth-order valence-electron chi connectivity index (χ4n) is 1.94. The van der Waals surface area contributed by atoms with Crippen LogP contribution in [0.1, 0.15) is 44.1 Å². The Bertz CT molecular complexity index is 347. The number of methoxy groups -OCH3 is 1. The number of hydrogen-bond donors (Lipinski definition) is 1. The number of ether oxygens (including phenoxy) is 1. The summed E-state index contributed by atoms with van der Waals surface area (Å²) in [5.41, 5.74) is 1.67. The molecule has 4 nitrogen and oxygen atoms in total. The summed E-state index contributed by atoms with van der Waals surface area (Å²) in [7, 11) is 3.43. The minimum atomic E-state index is -0.487. The Morgan fingerprint density at radius 2 is 2.12 bits per heavy atom. The van der Waals surface area contributed by atoms with Crippen LogP contribution in [0.3, 0.4) is 0 Å². The summed E-state index contributed by atoms with van der Waals surface area (Å²) in [6.07, 6.45) is 1.33. The Morgan fingerprint density at radius 1 is 1.50 bits per heavy atom. The average Bonchev–Trinajstić information content (AvgIpc) is 2.52. The van der Waals surface area contributed by atoms with E-state index in [-0.39, 0.29) is 0 Å². The second-order valence-electron chi connectivity index (χ2n) is 4.40. The summed E-state index contributed by atoms with van der Waals surface area (Å²) >= 11 is 0. The van der Waals surface area contributed by atoms with E-state index in [0.29, 0.717) is 11.8 Å². The predicted octanol–water partition coefficient (Wildman–Crippen LogP) is 2.21. The van der Waals surface area contributed by atoms with E-state index in [9.17, 15) is 5.11 Å². The third kappa shape index (κ3) is 2.55. The first-order chi connectivity index (χ1) is 7.51. The average molecular weight is 226 g/mol. The Labute approximate surface area is 97.2 Å². The summed E-state index contributed by atoms with van der Waals surface area (Å²) in [4.78, 5) is 0. The summed E-state index contributed by atoms with van der Waals surface area (Å²) in [5.74, 6) is 1.16. The van der Waals surface area contributed by atoms with E-state index in [1.54, 1.807) is 11.8 Å². The van der Waals surface area contributed by atoms with Crippen LogP contribution in [0.5, 0.6) is 5.88 Å². The highest BCUT2D eigenvalue weighted by Crippen LogP contribution is 2.32. The molecular formula is C12H22N2O2. The zero-order valence-electron chi connectivity index (χ0n) is 10.8. The third-order valence-corrected chi connectivity index (χ3v) is 3.06. The fourth-order valence-corrected chi connectivity index (χ4v) is 1.94. The van der Waals surface area contributed by atoms with Crippen molar-refractivity contribution in [1.82, 2.24) is 9.78 Å². The maximum atomic E-state index is 10.2. The molecule has 4 heteroatoms. The topological polar surface area (TPSA) is 47.3 Å². The SMILES string of the molecule is CCC(C)CC(O)c1c(C)nn(C)c1OC. The van der Waals surface area contributed by atoms with Crippen molar-refractivity contribution in [2.24, 2.45) is 13.0 Å². The second kappa shape index (κ2) is 5.34. The smallest absolute Gasteiger partial charge is 0.217 e. The van der Waals surface area contributed by atoms with Gasteiger partial charge < -0.3 is 9.84 Å². The van der Waals surface area contributed by atoms with Crippen molar-refractivity contribution >= 4 is 0 Å². The standard InChI is InChI=1S/C12H22N2O2/c1-6-8(2)7-10(15)11-9(3)13-14(4)12(11)16-5/h8,10,15H,6-7H2,1-5H3. The van der Waals surface area contributed by atoms with Gasteiger partial charge in [-0.05, 0) is 19.3 Å². The lowest BCUT2D eigenvalue weighted by Gasteiger charge is -2.15. The van der Waals surface area contributed by atoms with Gasteiger partial charge in [0.2, 0.25) is 5.88 Å². The molecular weight excluding hydrogens is 204 g/mol. The van der Waals surface area contributed by atoms with Gasteiger partial charge >= 0.3 is 0 Å². The molecule has 0 aliphatic heterocycles. The van der Waals surface area contributed by atoms with Gasteiger partial charge in [-0.1, -0.05) is 20.3 Å². The van der Waals surface area contributed by atoms with E-state index in [2.05, 4.69) is 18.9 Å². The lowest BCUT2D eigenvalue weighted by atomic mass is 9.96. The molecule has 2 unspecified atom stereocenters. The first kappa shape index (κ1) is 13.0. The number of aromatic nitrogens is 2. The maximum Gasteiger partial charge on any atom is 0.217 e. The first-order valence-electron chi connectivity index (χ1n) is 5.76. The molecule has 1 heterocycles. The van der Waals surface area contributed by atoms with Crippen LogP contribution >= 0.6 is 0 Å². The molecule has 0 bridgehead atoms. The molecule has 92 valence electrons. The van der Waals surface area contributed by atoms with Crippen molar-refractivity contribution in [3.8, 4) is 5.88 Å². The molecule has 1 rings (SSSR count). The van der Waals surface area contributed by atoms with Gasteiger partial charge in [-0.3, -0.25) is 0 Å². The van der Waals surface area contributed by atoms with E-state index in [4.69, 9.17) is 4.74 Å². The predicted molar refractivity (Wildman–Crippen MR) is 63.5 cm³/mol. The number of aliphatic hydroxyl groups excluding tert-OH is 1. The first-order valence-corrected chi connectivity index (χ1v) is 5.76. The van der Waals surface area contributed by atoms with E-state index >= 15 is 0 Å². The minimum Gasteiger partial charge on any atom is -0.481 e. The molecule has 0 saturated heterocycles. The molecule has 1 aromatic heterocycles. The molecule has 0 radical (unpaired) electrons. The molecule has 0 amide bonds. The molecule has 1 N–H and O–H groups in total. The van der Waals surface area contributed by atoms with Crippen LogP contribution in [0, 0.1) is 12.8 Å². The largest absolute Gasteiger partial charge is 0.481 e. The number of hydrogen-bond acceptors (Lipinski definition) is 3. The summed E-state index contributed by atoms with van der Waals surface area (Å²) in [6, 6.07) is 0. The van der Waals surface area contributed by atoms with Crippen molar-refractivity contribution in [1.29, 1.82) is 0 Å². The van der Waals surface area contributed by atoms with Crippen molar-refractivity contribution in [2.45, 2.75) is 39.7 Å². The van der Waals surface area contributed by atoms with Gasteiger partial charge in [0.05, 0.1) is 24.5 Å². The summed E-state index contributed by atoms with van der Waals surface area (Å²) in [6.45, 7) is 6.17.